The zero-order chi connectivity index (χ0) is 14.2. The maximum atomic E-state index is 11.6. The summed E-state index contributed by atoms with van der Waals surface area (Å²) in [6, 6.07) is 6.26. The molecule has 1 aromatic carbocycles. The fourth-order valence-electron chi connectivity index (χ4n) is 1.94. The minimum Gasteiger partial charge on any atom is -0.393 e. The van der Waals surface area contributed by atoms with Gasteiger partial charge in [-0.2, -0.15) is 0 Å². The molecule has 0 radical (unpaired) electrons. The smallest absolute Gasteiger partial charge is 0.292 e. The minimum atomic E-state index is -0.523. The number of hydrogen-bond acceptors (Lipinski definition) is 4. The Morgan fingerprint density at radius 3 is 2.47 bits per heavy atom. The fourth-order valence-corrected chi connectivity index (χ4v) is 1.94. The Morgan fingerprint density at radius 2 is 1.95 bits per heavy atom. The molecule has 98 valence electrons. The number of nitrogens with two attached hydrogens (primary N) is 1. The average molecular weight is 259 g/mol. The third kappa shape index (κ3) is 2.33. The Hall–Kier alpha value is -2.63. The number of anilines is 1. The Labute approximate surface area is 109 Å². The van der Waals surface area contributed by atoms with Gasteiger partial charge in [0.2, 0.25) is 0 Å². The molecule has 0 aliphatic carbocycles. The van der Waals surface area contributed by atoms with E-state index in [4.69, 9.17) is 5.73 Å². The summed E-state index contributed by atoms with van der Waals surface area (Å²) in [6.45, 7) is 1.72. The molecule has 6 heteroatoms. The lowest BCUT2D eigenvalue weighted by Crippen LogP contribution is -2.18. The number of rotatable bonds is 2. The van der Waals surface area contributed by atoms with E-state index in [0.29, 0.717) is 5.56 Å². The standard InChI is InChI=1S/C13H13N3O3/c1-8-5-10(7-15(2)13(8)17)9-3-4-12(16(18)19)11(14)6-9/h3-7H,14H2,1-2H3. The summed E-state index contributed by atoms with van der Waals surface area (Å²) in [5.41, 5.74) is 7.71. The summed E-state index contributed by atoms with van der Waals surface area (Å²) in [6.07, 6.45) is 1.68. The first kappa shape index (κ1) is 12.8. The van der Waals surface area contributed by atoms with Crippen LogP contribution < -0.4 is 11.3 Å². The normalized spacial score (nSPS) is 10.4. The second-order valence-corrected chi connectivity index (χ2v) is 4.36. The molecule has 0 unspecified atom stereocenters. The van der Waals surface area contributed by atoms with Crippen LogP contribution in [0, 0.1) is 17.0 Å². The van der Waals surface area contributed by atoms with Crippen LogP contribution in [0.25, 0.3) is 11.1 Å². The third-order valence-corrected chi connectivity index (χ3v) is 2.92. The first-order valence-corrected chi connectivity index (χ1v) is 5.61. The summed E-state index contributed by atoms with van der Waals surface area (Å²) < 4.78 is 1.47. The van der Waals surface area contributed by atoms with Crippen LogP contribution in [0.15, 0.2) is 35.3 Å². The van der Waals surface area contributed by atoms with Crippen molar-refractivity contribution >= 4 is 11.4 Å². The van der Waals surface area contributed by atoms with E-state index in [1.807, 2.05) is 0 Å². The molecule has 0 amide bonds. The topological polar surface area (TPSA) is 91.2 Å². The summed E-state index contributed by atoms with van der Waals surface area (Å²) in [7, 11) is 1.66. The van der Waals surface area contributed by atoms with Crippen molar-refractivity contribution in [2.24, 2.45) is 7.05 Å². The Balaban J connectivity index is 2.57. The molecule has 2 rings (SSSR count). The molecule has 0 aliphatic heterocycles. The van der Waals surface area contributed by atoms with Crippen molar-refractivity contribution < 1.29 is 4.92 Å². The van der Waals surface area contributed by atoms with Crippen LogP contribution in [0.2, 0.25) is 0 Å². The van der Waals surface area contributed by atoms with Crippen molar-refractivity contribution in [2.75, 3.05) is 5.73 Å². The Morgan fingerprint density at radius 1 is 1.26 bits per heavy atom. The molecule has 0 atom stereocenters. The van der Waals surface area contributed by atoms with Gasteiger partial charge in [-0.25, -0.2) is 0 Å². The van der Waals surface area contributed by atoms with Crippen molar-refractivity contribution in [3.8, 4) is 11.1 Å². The molecular weight excluding hydrogens is 246 g/mol. The molecule has 0 bridgehead atoms. The van der Waals surface area contributed by atoms with E-state index in [-0.39, 0.29) is 16.9 Å². The van der Waals surface area contributed by atoms with Crippen LogP contribution in [0.1, 0.15) is 5.56 Å². The number of benzene rings is 1. The number of nitrogens with zero attached hydrogens (tertiary/aromatic N) is 2. The lowest BCUT2D eigenvalue weighted by Gasteiger charge is -2.07. The van der Waals surface area contributed by atoms with E-state index in [1.54, 1.807) is 32.3 Å². The summed E-state index contributed by atoms with van der Waals surface area (Å²) in [4.78, 5) is 21.8. The lowest BCUT2D eigenvalue weighted by molar-refractivity contribution is -0.383. The van der Waals surface area contributed by atoms with Gasteiger partial charge in [0.15, 0.2) is 0 Å². The molecule has 1 heterocycles. The van der Waals surface area contributed by atoms with Gasteiger partial charge in [-0.3, -0.25) is 14.9 Å². The van der Waals surface area contributed by atoms with Gasteiger partial charge in [0.1, 0.15) is 5.69 Å². The number of aryl methyl sites for hydroxylation is 2. The van der Waals surface area contributed by atoms with Crippen molar-refractivity contribution in [1.29, 1.82) is 0 Å². The Bertz CT molecular complexity index is 693. The zero-order valence-electron chi connectivity index (χ0n) is 10.6. The molecule has 6 nitrogen and oxygen atoms in total. The third-order valence-electron chi connectivity index (χ3n) is 2.92. The highest BCUT2D eigenvalue weighted by Crippen LogP contribution is 2.28. The van der Waals surface area contributed by atoms with Crippen LogP contribution in [0.4, 0.5) is 11.4 Å². The van der Waals surface area contributed by atoms with Gasteiger partial charge in [0.25, 0.3) is 11.2 Å². The molecular formula is C13H13N3O3. The number of aromatic nitrogens is 1. The molecule has 0 spiro atoms. The number of nitro benzene ring substituents is 1. The van der Waals surface area contributed by atoms with E-state index in [1.165, 1.54) is 16.7 Å². The molecule has 0 saturated heterocycles. The van der Waals surface area contributed by atoms with Crippen molar-refractivity contribution in [3.63, 3.8) is 0 Å². The van der Waals surface area contributed by atoms with Gasteiger partial charge in [-0.15, -0.1) is 0 Å². The largest absolute Gasteiger partial charge is 0.393 e. The van der Waals surface area contributed by atoms with Crippen LogP contribution in [-0.2, 0) is 7.05 Å². The van der Waals surface area contributed by atoms with Crippen molar-refractivity contribution in [3.05, 3.63) is 56.5 Å². The summed E-state index contributed by atoms with van der Waals surface area (Å²) >= 11 is 0. The number of hydrogen-bond donors (Lipinski definition) is 1. The predicted octanol–water partition coefficient (Wildman–Crippen LogP) is 1.85. The highest BCUT2D eigenvalue weighted by Gasteiger charge is 2.12. The highest BCUT2D eigenvalue weighted by molar-refractivity contribution is 5.72. The molecule has 19 heavy (non-hydrogen) atoms. The van der Waals surface area contributed by atoms with E-state index in [9.17, 15) is 14.9 Å². The first-order valence-electron chi connectivity index (χ1n) is 5.61. The van der Waals surface area contributed by atoms with Crippen LogP contribution in [-0.4, -0.2) is 9.49 Å². The van der Waals surface area contributed by atoms with Gasteiger partial charge >= 0.3 is 0 Å². The summed E-state index contributed by atoms with van der Waals surface area (Å²) in [5, 5.41) is 10.7. The molecule has 2 aromatic rings. The minimum absolute atomic E-state index is 0.0707. The first-order chi connectivity index (χ1) is 8.90. The maximum Gasteiger partial charge on any atom is 0.292 e. The van der Waals surface area contributed by atoms with Gasteiger partial charge < -0.3 is 10.3 Å². The second-order valence-electron chi connectivity index (χ2n) is 4.36. The highest BCUT2D eigenvalue weighted by atomic mass is 16.6. The number of pyridine rings is 1. The second kappa shape index (κ2) is 4.56. The van der Waals surface area contributed by atoms with Crippen LogP contribution >= 0.6 is 0 Å². The number of nitro groups is 1. The summed E-state index contributed by atoms with van der Waals surface area (Å²) in [5.74, 6) is 0. The Kier molecular flexibility index (Phi) is 3.08. The molecule has 0 fully saturated rings. The van der Waals surface area contributed by atoms with Crippen LogP contribution in [0.5, 0.6) is 0 Å². The molecule has 0 saturated carbocycles. The quantitative estimate of drug-likeness (QED) is 0.506. The SMILES string of the molecule is Cc1cc(-c2ccc([N+](=O)[O-])c(N)c2)cn(C)c1=O. The fraction of sp³-hybridized carbons (Fsp3) is 0.154. The average Bonchev–Trinajstić information content (AvgIpc) is 2.34. The molecule has 1 aromatic heterocycles. The zero-order valence-corrected chi connectivity index (χ0v) is 10.6. The van der Waals surface area contributed by atoms with Gasteiger partial charge in [-0.1, -0.05) is 0 Å². The van der Waals surface area contributed by atoms with Gasteiger partial charge in [-0.05, 0) is 36.2 Å². The van der Waals surface area contributed by atoms with Crippen LogP contribution in [0.3, 0.4) is 0 Å². The molecule has 0 aliphatic rings. The number of nitrogen functional groups attached to an aromatic ring is 1. The van der Waals surface area contributed by atoms with E-state index < -0.39 is 4.92 Å². The molecule has 2 N–H and O–H groups in total. The van der Waals surface area contributed by atoms with Crippen molar-refractivity contribution in [1.82, 2.24) is 4.57 Å². The predicted molar refractivity (Wildman–Crippen MR) is 72.9 cm³/mol. The van der Waals surface area contributed by atoms with Gasteiger partial charge in [0.05, 0.1) is 4.92 Å². The van der Waals surface area contributed by atoms with E-state index in [2.05, 4.69) is 0 Å². The van der Waals surface area contributed by atoms with Crippen molar-refractivity contribution in [2.45, 2.75) is 6.92 Å². The van der Waals surface area contributed by atoms with Gasteiger partial charge in [0, 0.05) is 24.9 Å². The van der Waals surface area contributed by atoms with E-state index in [0.717, 1.165) is 11.1 Å². The van der Waals surface area contributed by atoms with E-state index >= 15 is 0 Å². The lowest BCUT2D eigenvalue weighted by atomic mass is 10.0. The monoisotopic (exact) mass is 259 g/mol. The maximum absolute atomic E-state index is 11.6.